The zero-order valence-corrected chi connectivity index (χ0v) is 16.2. The standard InChI is InChI=1S/C28H22/c1-19-3-5-27-17-25(13-11-23(27)15-19)21-7-9-22(10-8-21)26-14-12-24-16-20(2)4-6-28(24)18-26/h3-18H,1-2H3. The summed E-state index contributed by atoms with van der Waals surface area (Å²) in [5.74, 6) is 0. The SMILES string of the molecule is Cc1ccc2cc(-c3ccc(-c4ccc5cc(C)ccc5c4)cc3)ccc2c1. The van der Waals surface area contributed by atoms with Crippen molar-refractivity contribution in [3.8, 4) is 22.3 Å². The van der Waals surface area contributed by atoms with Gasteiger partial charge in [0.2, 0.25) is 0 Å². The summed E-state index contributed by atoms with van der Waals surface area (Å²) in [5, 5.41) is 5.17. The highest BCUT2D eigenvalue weighted by molar-refractivity contribution is 5.89. The molecule has 0 nitrogen and oxygen atoms in total. The van der Waals surface area contributed by atoms with Crippen molar-refractivity contribution in [3.05, 3.63) is 108 Å². The van der Waals surface area contributed by atoms with E-state index >= 15 is 0 Å². The Kier molecular flexibility index (Phi) is 3.98. The number of hydrogen-bond donors (Lipinski definition) is 0. The molecule has 0 radical (unpaired) electrons. The Morgan fingerprint density at radius 3 is 1.07 bits per heavy atom. The van der Waals surface area contributed by atoms with Crippen LogP contribution in [0.15, 0.2) is 97.1 Å². The zero-order valence-electron chi connectivity index (χ0n) is 16.2. The molecule has 0 saturated carbocycles. The summed E-state index contributed by atoms with van der Waals surface area (Å²) in [7, 11) is 0. The van der Waals surface area contributed by atoms with E-state index in [1.165, 1.54) is 54.9 Å². The van der Waals surface area contributed by atoms with E-state index in [4.69, 9.17) is 0 Å². The molecule has 0 aliphatic carbocycles. The van der Waals surface area contributed by atoms with Gasteiger partial charge in [0.25, 0.3) is 0 Å². The maximum Gasteiger partial charge on any atom is -0.0178 e. The normalized spacial score (nSPS) is 11.2. The minimum Gasteiger partial charge on any atom is -0.0587 e. The molecule has 0 amide bonds. The predicted molar refractivity (Wildman–Crippen MR) is 122 cm³/mol. The van der Waals surface area contributed by atoms with E-state index in [-0.39, 0.29) is 0 Å². The molecule has 0 heterocycles. The lowest BCUT2D eigenvalue weighted by molar-refractivity contribution is 1.50. The van der Waals surface area contributed by atoms with Crippen LogP contribution in [0.25, 0.3) is 43.8 Å². The average molecular weight is 358 g/mol. The molecule has 0 unspecified atom stereocenters. The van der Waals surface area contributed by atoms with E-state index in [0.29, 0.717) is 0 Å². The Morgan fingerprint density at radius 1 is 0.321 bits per heavy atom. The van der Waals surface area contributed by atoms with Crippen molar-refractivity contribution in [2.75, 3.05) is 0 Å². The third kappa shape index (κ3) is 3.08. The molecule has 0 saturated heterocycles. The van der Waals surface area contributed by atoms with Crippen molar-refractivity contribution in [1.82, 2.24) is 0 Å². The van der Waals surface area contributed by atoms with E-state index in [1.807, 2.05) is 0 Å². The van der Waals surface area contributed by atoms with Crippen LogP contribution in [-0.4, -0.2) is 0 Å². The van der Waals surface area contributed by atoms with E-state index in [9.17, 15) is 0 Å². The summed E-state index contributed by atoms with van der Waals surface area (Å²) < 4.78 is 0. The van der Waals surface area contributed by atoms with Gasteiger partial charge in [0.05, 0.1) is 0 Å². The van der Waals surface area contributed by atoms with E-state index in [2.05, 4.69) is 111 Å². The van der Waals surface area contributed by atoms with Gasteiger partial charge >= 0.3 is 0 Å². The molecule has 0 heteroatoms. The van der Waals surface area contributed by atoms with Crippen LogP contribution in [0.5, 0.6) is 0 Å². The molecule has 0 N–H and O–H groups in total. The zero-order chi connectivity index (χ0) is 19.1. The summed E-state index contributed by atoms with van der Waals surface area (Å²) in [5.41, 5.74) is 7.63. The number of hydrogen-bond acceptors (Lipinski definition) is 0. The molecule has 5 rings (SSSR count). The van der Waals surface area contributed by atoms with Crippen LogP contribution >= 0.6 is 0 Å². The second-order valence-electron chi connectivity index (χ2n) is 7.71. The van der Waals surface area contributed by atoms with Gasteiger partial charge in [-0.1, -0.05) is 96.1 Å². The largest absolute Gasteiger partial charge is 0.0587 e. The molecule has 0 atom stereocenters. The minimum atomic E-state index is 1.25. The molecule has 0 bridgehead atoms. The van der Waals surface area contributed by atoms with Crippen molar-refractivity contribution in [1.29, 1.82) is 0 Å². The fraction of sp³-hybridized carbons (Fsp3) is 0.0714. The van der Waals surface area contributed by atoms with Crippen LogP contribution in [0.2, 0.25) is 0 Å². The second kappa shape index (κ2) is 6.65. The predicted octanol–water partition coefficient (Wildman–Crippen LogP) is 7.94. The first-order valence-electron chi connectivity index (χ1n) is 9.77. The van der Waals surface area contributed by atoms with Gasteiger partial charge in [-0.2, -0.15) is 0 Å². The van der Waals surface area contributed by atoms with Crippen LogP contribution in [0.4, 0.5) is 0 Å². The number of benzene rings is 5. The summed E-state index contributed by atoms with van der Waals surface area (Å²) in [6.07, 6.45) is 0. The molecule has 134 valence electrons. The van der Waals surface area contributed by atoms with Gasteiger partial charge in [-0.05, 0) is 69.8 Å². The van der Waals surface area contributed by atoms with Crippen molar-refractivity contribution in [3.63, 3.8) is 0 Å². The van der Waals surface area contributed by atoms with Crippen LogP contribution in [0.3, 0.4) is 0 Å². The summed E-state index contributed by atoms with van der Waals surface area (Å²) in [6.45, 7) is 4.28. The van der Waals surface area contributed by atoms with Crippen LogP contribution in [-0.2, 0) is 0 Å². The highest BCUT2D eigenvalue weighted by atomic mass is 14.1. The Hall–Kier alpha value is -3.38. The smallest absolute Gasteiger partial charge is 0.0178 e. The monoisotopic (exact) mass is 358 g/mol. The Bertz CT molecular complexity index is 1200. The third-order valence-electron chi connectivity index (χ3n) is 5.54. The fourth-order valence-corrected chi connectivity index (χ4v) is 3.94. The van der Waals surface area contributed by atoms with Gasteiger partial charge in [-0.25, -0.2) is 0 Å². The molecule has 0 fully saturated rings. The maximum atomic E-state index is 2.28. The van der Waals surface area contributed by atoms with E-state index in [0.717, 1.165) is 0 Å². The van der Waals surface area contributed by atoms with Crippen molar-refractivity contribution in [2.45, 2.75) is 13.8 Å². The number of fused-ring (bicyclic) bond motifs is 2. The van der Waals surface area contributed by atoms with Gasteiger partial charge in [0.1, 0.15) is 0 Å². The molecule has 0 spiro atoms. The maximum absolute atomic E-state index is 2.28. The van der Waals surface area contributed by atoms with Crippen molar-refractivity contribution in [2.24, 2.45) is 0 Å². The first-order chi connectivity index (χ1) is 13.7. The Morgan fingerprint density at radius 2 is 0.643 bits per heavy atom. The molecule has 0 aliphatic heterocycles. The number of aryl methyl sites for hydroxylation is 2. The van der Waals surface area contributed by atoms with Gasteiger partial charge in [0, 0.05) is 0 Å². The molecule has 0 aliphatic rings. The molecule has 5 aromatic rings. The third-order valence-corrected chi connectivity index (χ3v) is 5.54. The Labute approximate surface area is 166 Å². The lowest BCUT2D eigenvalue weighted by Gasteiger charge is -2.08. The molecular formula is C28H22. The minimum absolute atomic E-state index is 1.25. The highest BCUT2D eigenvalue weighted by Crippen LogP contribution is 2.29. The van der Waals surface area contributed by atoms with E-state index in [1.54, 1.807) is 0 Å². The Balaban J connectivity index is 1.50. The number of rotatable bonds is 2. The lowest BCUT2D eigenvalue weighted by atomic mass is 9.96. The summed E-state index contributed by atoms with van der Waals surface area (Å²) in [4.78, 5) is 0. The second-order valence-corrected chi connectivity index (χ2v) is 7.71. The fourth-order valence-electron chi connectivity index (χ4n) is 3.94. The quantitative estimate of drug-likeness (QED) is 0.300. The molecule has 28 heavy (non-hydrogen) atoms. The van der Waals surface area contributed by atoms with E-state index < -0.39 is 0 Å². The highest BCUT2D eigenvalue weighted by Gasteiger charge is 2.04. The van der Waals surface area contributed by atoms with Gasteiger partial charge in [-0.15, -0.1) is 0 Å². The molecule has 5 aromatic carbocycles. The first kappa shape index (κ1) is 16.8. The van der Waals surface area contributed by atoms with Crippen molar-refractivity contribution < 1.29 is 0 Å². The van der Waals surface area contributed by atoms with Crippen LogP contribution in [0.1, 0.15) is 11.1 Å². The van der Waals surface area contributed by atoms with Crippen molar-refractivity contribution >= 4 is 21.5 Å². The lowest BCUT2D eigenvalue weighted by Crippen LogP contribution is -1.83. The topological polar surface area (TPSA) is 0 Å². The summed E-state index contributed by atoms with van der Waals surface area (Å²) in [6, 6.07) is 35.6. The van der Waals surface area contributed by atoms with Crippen LogP contribution < -0.4 is 0 Å². The van der Waals surface area contributed by atoms with Gasteiger partial charge < -0.3 is 0 Å². The van der Waals surface area contributed by atoms with Crippen LogP contribution in [0, 0.1) is 13.8 Å². The van der Waals surface area contributed by atoms with Gasteiger partial charge in [-0.3, -0.25) is 0 Å². The van der Waals surface area contributed by atoms with Gasteiger partial charge in [0.15, 0.2) is 0 Å². The first-order valence-corrected chi connectivity index (χ1v) is 9.77. The molecule has 0 aromatic heterocycles. The molecular weight excluding hydrogens is 336 g/mol. The average Bonchev–Trinajstić information content (AvgIpc) is 2.73. The summed E-state index contributed by atoms with van der Waals surface area (Å²) >= 11 is 0.